The Balaban J connectivity index is 2.01. The van der Waals surface area contributed by atoms with E-state index in [1.807, 2.05) is 30.3 Å². The first-order chi connectivity index (χ1) is 12.5. The predicted octanol–water partition coefficient (Wildman–Crippen LogP) is 5.06. The highest BCUT2D eigenvalue weighted by molar-refractivity contribution is 9.10. The number of benzene rings is 2. The van der Waals surface area contributed by atoms with Crippen molar-refractivity contribution in [1.29, 1.82) is 0 Å². The van der Waals surface area contributed by atoms with E-state index in [9.17, 15) is 9.59 Å². The summed E-state index contributed by atoms with van der Waals surface area (Å²) in [5.74, 6) is -0.107. The highest BCUT2D eigenvalue weighted by atomic mass is 79.9. The van der Waals surface area contributed by atoms with Crippen LogP contribution < -0.4 is 10.1 Å². The van der Waals surface area contributed by atoms with E-state index in [4.69, 9.17) is 9.15 Å². The monoisotopic (exact) mass is 413 g/mol. The van der Waals surface area contributed by atoms with E-state index in [1.54, 1.807) is 18.2 Å². The first kappa shape index (κ1) is 17.9. The van der Waals surface area contributed by atoms with Gasteiger partial charge in [0.05, 0.1) is 12.5 Å². The zero-order valence-corrected chi connectivity index (χ0v) is 15.8. The molecule has 5 nitrogen and oxygen atoms in total. The molecule has 0 unspecified atom stereocenters. The van der Waals surface area contributed by atoms with Gasteiger partial charge in [0.25, 0.3) is 0 Å². The highest BCUT2D eigenvalue weighted by Gasteiger charge is 2.23. The van der Waals surface area contributed by atoms with Crippen molar-refractivity contribution in [1.82, 2.24) is 0 Å². The second kappa shape index (κ2) is 7.58. The molecule has 1 aromatic heterocycles. The number of carbonyl (C=O) groups is 2. The Morgan fingerprint density at radius 3 is 2.54 bits per heavy atom. The van der Waals surface area contributed by atoms with Crippen molar-refractivity contribution < 1.29 is 18.7 Å². The number of rotatable bonds is 5. The van der Waals surface area contributed by atoms with E-state index < -0.39 is 0 Å². The van der Waals surface area contributed by atoms with Crippen LogP contribution in [0.4, 0.5) is 5.69 Å². The zero-order chi connectivity index (χ0) is 18.7. The van der Waals surface area contributed by atoms with Gasteiger partial charge in [0, 0.05) is 17.5 Å². The number of hydrogen-bond acceptors (Lipinski definition) is 4. The summed E-state index contributed by atoms with van der Waals surface area (Å²) >= 11 is 3.44. The van der Waals surface area contributed by atoms with Crippen molar-refractivity contribution in [3.05, 3.63) is 64.3 Å². The van der Waals surface area contributed by atoms with Crippen LogP contribution in [0.15, 0.2) is 57.4 Å². The van der Waals surface area contributed by atoms with Crippen LogP contribution in [0.3, 0.4) is 0 Å². The molecule has 26 heavy (non-hydrogen) atoms. The van der Waals surface area contributed by atoms with Crippen LogP contribution >= 0.6 is 15.9 Å². The average Bonchev–Trinajstić information content (AvgIpc) is 3.02. The fourth-order valence-corrected chi connectivity index (χ4v) is 3.08. The second-order valence-corrected chi connectivity index (χ2v) is 6.40. The molecule has 0 saturated heterocycles. The number of nitrogens with one attached hydrogen (secondary N) is 1. The van der Waals surface area contributed by atoms with Crippen molar-refractivity contribution in [3.63, 3.8) is 0 Å². The number of ketones is 1. The molecule has 6 heteroatoms. The molecule has 0 saturated carbocycles. The third-order valence-corrected chi connectivity index (χ3v) is 4.43. The zero-order valence-electron chi connectivity index (χ0n) is 14.2. The average molecular weight is 414 g/mol. The molecule has 0 radical (unpaired) electrons. The molecule has 1 heterocycles. The van der Waals surface area contributed by atoms with Crippen molar-refractivity contribution in [2.75, 3.05) is 12.4 Å². The summed E-state index contributed by atoms with van der Waals surface area (Å²) in [6.07, 6.45) is 3.10. The van der Waals surface area contributed by atoms with Gasteiger partial charge in [-0.25, -0.2) is 0 Å². The Morgan fingerprint density at radius 1 is 1.15 bits per heavy atom. The molecule has 1 amide bonds. The largest absolute Gasteiger partial charge is 0.493 e. The summed E-state index contributed by atoms with van der Waals surface area (Å²) in [7, 11) is 1.51. The van der Waals surface area contributed by atoms with E-state index in [-0.39, 0.29) is 17.5 Å². The summed E-state index contributed by atoms with van der Waals surface area (Å²) in [6.45, 7) is 1.38. The lowest BCUT2D eigenvalue weighted by atomic mass is 10.1. The van der Waals surface area contributed by atoms with Gasteiger partial charge in [-0.15, -0.1) is 0 Å². The molecular weight excluding hydrogens is 398 g/mol. The van der Waals surface area contributed by atoms with E-state index in [0.29, 0.717) is 26.9 Å². The molecule has 132 valence electrons. The molecule has 0 fully saturated rings. The predicted molar refractivity (Wildman–Crippen MR) is 105 cm³/mol. The van der Waals surface area contributed by atoms with Crippen LogP contribution in [0.1, 0.15) is 23.0 Å². The minimum Gasteiger partial charge on any atom is -0.493 e. The maximum atomic E-state index is 12.4. The van der Waals surface area contributed by atoms with Gasteiger partial charge in [-0.3, -0.25) is 9.59 Å². The Labute approximate surface area is 158 Å². The molecule has 0 aliphatic heterocycles. The van der Waals surface area contributed by atoms with Crippen LogP contribution in [-0.4, -0.2) is 18.8 Å². The summed E-state index contributed by atoms with van der Waals surface area (Å²) < 4.78 is 11.7. The lowest BCUT2D eigenvalue weighted by Gasteiger charge is -2.04. The molecule has 3 rings (SSSR count). The fourth-order valence-electron chi connectivity index (χ4n) is 2.57. The number of Topliss-reactive ketones (excluding diaryl/α,β-unsaturated/α-hetero) is 1. The number of anilines is 1. The van der Waals surface area contributed by atoms with Crippen molar-refractivity contribution in [2.45, 2.75) is 6.92 Å². The van der Waals surface area contributed by atoms with Crippen molar-refractivity contribution in [3.8, 4) is 5.75 Å². The second-order valence-electron chi connectivity index (χ2n) is 5.55. The molecule has 2 aromatic carbocycles. The first-order valence-corrected chi connectivity index (χ1v) is 8.64. The molecular formula is C20H16BrNO4. The number of fused-ring (bicyclic) bond motifs is 1. The van der Waals surface area contributed by atoms with Crippen LogP contribution in [0.25, 0.3) is 17.0 Å². The summed E-state index contributed by atoms with van der Waals surface area (Å²) in [5.41, 5.74) is 1.62. The Bertz CT molecular complexity index is 1010. The standard InChI is InChI=1S/C20H16BrNO4/c1-12(23)19-18(17-14(21)9-10-15(25-2)20(17)26-19)22-16(24)11-8-13-6-4-3-5-7-13/h3-11H,1-2H3,(H,22,24)/b11-8+. The van der Waals surface area contributed by atoms with Gasteiger partial charge in [-0.2, -0.15) is 0 Å². The molecule has 0 atom stereocenters. The summed E-state index contributed by atoms with van der Waals surface area (Å²) in [5, 5.41) is 3.33. The Morgan fingerprint density at radius 2 is 1.88 bits per heavy atom. The van der Waals surface area contributed by atoms with Gasteiger partial charge in [-0.1, -0.05) is 30.3 Å². The van der Waals surface area contributed by atoms with E-state index >= 15 is 0 Å². The van der Waals surface area contributed by atoms with E-state index in [1.165, 1.54) is 20.1 Å². The summed E-state index contributed by atoms with van der Waals surface area (Å²) in [6, 6.07) is 13.0. The van der Waals surface area contributed by atoms with Crippen LogP contribution in [0.5, 0.6) is 5.75 Å². The molecule has 1 N–H and O–H groups in total. The molecule has 0 aliphatic carbocycles. The number of ether oxygens (including phenoxy) is 1. The van der Waals surface area contributed by atoms with Gasteiger partial charge >= 0.3 is 0 Å². The lowest BCUT2D eigenvalue weighted by molar-refractivity contribution is -0.111. The first-order valence-electron chi connectivity index (χ1n) is 7.85. The highest BCUT2D eigenvalue weighted by Crippen LogP contribution is 2.41. The number of methoxy groups -OCH3 is 1. The SMILES string of the molecule is COc1ccc(Br)c2c(NC(=O)/C=C/c3ccccc3)c(C(C)=O)oc12. The molecule has 0 aliphatic rings. The number of amides is 1. The molecule has 0 spiro atoms. The van der Waals surface area contributed by atoms with Gasteiger partial charge in [-0.05, 0) is 39.7 Å². The van der Waals surface area contributed by atoms with E-state index in [2.05, 4.69) is 21.2 Å². The quantitative estimate of drug-likeness (QED) is 0.468. The third-order valence-electron chi connectivity index (χ3n) is 3.77. The van der Waals surface area contributed by atoms with Crippen LogP contribution in [0.2, 0.25) is 0 Å². The number of hydrogen-bond donors (Lipinski definition) is 1. The Kier molecular flexibility index (Phi) is 5.23. The topological polar surface area (TPSA) is 68.5 Å². The normalized spacial score (nSPS) is 11.0. The van der Waals surface area contributed by atoms with Gasteiger partial charge in [0.1, 0.15) is 5.69 Å². The molecule has 3 aromatic rings. The minimum absolute atomic E-state index is 0.0756. The van der Waals surface area contributed by atoms with E-state index in [0.717, 1.165) is 5.56 Å². The smallest absolute Gasteiger partial charge is 0.248 e. The molecule has 0 bridgehead atoms. The minimum atomic E-state index is -0.367. The number of carbonyl (C=O) groups excluding carboxylic acids is 2. The summed E-state index contributed by atoms with van der Waals surface area (Å²) in [4.78, 5) is 24.4. The number of halogens is 1. The van der Waals surface area contributed by atoms with Gasteiger partial charge < -0.3 is 14.5 Å². The van der Waals surface area contributed by atoms with Crippen molar-refractivity contribution in [2.24, 2.45) is 0 Å². The maximum Gasteiger partial charge on any atom is 0.248 e. The van der Waals surface area contributed by atoms with Crippen LogP contribution in [-0.2, 0) is 4.79 Å². The van der Waals surface area contributed by atoms with Gasteiger partial charge in [0.2, 0.25) is 5.91 Å². The van der Waals surface area contributed by atoms with Crippen molar-refractivity contribution >= 4 is 50.4 Å². The third kappa shape index (κ3) is 3.55. The maximum absolute atomic E-state index is 12.4. The lowest BCUT2D eigenvalue weighted by Crippen LogP contribution is -2.10. The number of furan rings is 1. The van der Waals surface area contributed by atoms with Gasteiger partial charge in [0.15, 0.2) is 22.9 Å². The van der Waals surface area contributed by atoms with Crippen LogP contribution in [0, 0.1) is 0 Å². The fraction of sp³-hybridized carbons (Fsp3) is 0.100. The Hall–Kier alpha value is -2.86.